The summed E-state index contributed by atoms with van der Waals surface area (Å²) in [7, 11) is 3.41. The zero-order valence-corrected chi connectivity index (χ0v) is 18.3. The molecule has 31 heavy (non-hydrogen) atoms. The van der Waals surface area contributed by atoms with Crippen LogP contribution in [0, 0.1) is 5.92 Å². The van der Waals surface area contributed by atoms with Crippen molar-refractivity contribution in [3.05, 3.63) is 48.0 Å². The van der Waals surface area contributed by atoms with Crippen LogP contribution < -0.4 is 15.4 Å². The molecule has 9 nitrogen and oxygen atoms in total. The molecule has 2 N–H and O–H groups in total. The Labute approximate surface area is 182 Å². The lowest BCUT2D eigenvalue weighted by Crippen LogP contribution is -2.44. The number of nitrogens with one attached hydrogen (secondary N) is 2. The van der Waals surface area contributed by atoms with Gasteiger partial charge in [0, 0.05) is 57.4 Å². The maximum absolute atomic E-state index is 13.1. The zero-order valence-electron chi connectivity index (χ0n) is 18.3. The SMILES string of the molecule is CO[C@H]1CN(C)C(=O)c2ccc(NC(=O)c3cnccn3)cc2OC[C@H](C)NC[C@@H]1C. The molecule has 0 spiro atoms. The number of benzene rings is 1. The van der Waals surface area contributed by atoms with E-state index in [1.54, 1.807) is 37.3 Å². The molecule has 2 heterocycles. The van der Waals surface area contributed by atoms with Gasteiger partial charge in [-0.2, -0.15) is 0 Å². The molecule has 166 valence electrons. The molecule has 0 saturated carbocycles. The van der Waals surface area contributed by atoms with Gasteiger partial charge in [0.05, 0.1) is 17.9 Å². The second-order valence-electron chi connectivity index (χ2n) is 7.81. The zero-order chi connectivity index (χ0) is 22.4. The smallest absolute Gasteiger partial charge is 0.275 e. The van der Waals surface area contributed by atoms with Crippen LogP contribution >= 0.6 is 0 Å². The maximum atomic E-state index is 13.1. The summed E-state index contributed by atoms with van der Waals surface area (Å²) in [5, 5.41) is 6.22. The van der Waals surface area contributed by atoms with Gasteiger partial charge in [-0.25, -0.2) is 4.98 Å². The predicted molar refractivity (Wildman–Crippen MR) is 116 cm³/mol. The van der Waals surface area contributed by atoms with Gasteiger partial charge in [-0.05, 0) is 25.0 Å². The Kier molecular flexibility index (Phi) is 7.54. The van der Waals surface area contributed by atoms with Crippen molar-refractivity contribution < 1.29 is 19.1 Å². The van der Waals surface area contributed by atoms with Crippen molar-refractivity contribution >= 4 is 17.5 Å². The molecule has 1 aliphatic heterocycles. The average molecular weight is 428 g/mol. The second kappa shape index (κ2) is 10.3. The lowest BCUT2D eigenvalue weighted by molar-refractivity contribution is 0.0281. The first kappa shape index (κ1) is 22.6. The topological polar surface area (TPSA) is 106 Å². The van der Waals surface area contributed by atoms with Crippen molar-refractivity contribution in [1.29, 1.82) is 0 Å². The van der Waals surface area contributed by atoms with Crippen molar-refractivity contribution in [2.45, 2.75) is 26.0 Å². The van der Waals surface area contributed by atoms with Gasteiger partial charge in [0.25, 0.3) is 11.8 Å². The van der Waals surface area contributed by atoms with Gasteiger partial charge in [0.2, 0.25) is 0 Å². The molecule has 1 aromatic carbocycles. The van der Waals surface area contributed by atoms with Gasteiger partial charge in [-0.15, -0.1) is 0 Å². The Hall–Kier alpha value is -3.04. The lowest BCUT2D eigenvalue weighted by atomic mass is 10.0. The monoisotopic (exact) mass is 427 g/mol. The molecule has 0 unspecified atom stereocenters. The van der Waals surface area contributed by atoms with E-state index in [0.29, 0.717) is 30.2 Å². The normalized spacial score (nSPS) is 22.5. The Morgan fingerprint density at radius 2 is 2.13 bits per heavy atom. The molecule has 3 atom stereocenters. The molecule has 3 rings (SSSR count). The van der Waals surface area contributed by atoms with Gasteiger partial charge >= 0.3 is 0 Å². The van der Waals surface area contributed by atoms with Gasteiger partial charge in [0.15, 0.2) is 0 Å². The number of likely N-dealkylation sites (N-methyl/N-ethyl adjacent to an activating group) is 1. The van der Waals surface area contributed by atoms with Crippen LogP contribution in [0.2, 0.25) is 0 Å². The van der Waals surface area contributed by atoms with Crippen molar-refractivity contribution in [3.8, 4) is 5.75 Å². The van der Waals surface area contributed by atoms with E-state index < -0.39 is 5.91 Å². The highest BCUT2D eigenvalue weighted by Crippen LogP contribution is 2.26. The fourth-order valence-electron chi connectivity index (χ4n) is 3.35. The fourth-order valence-corrected chi connectivity index (χ4v) is 3.35. The molecular formula is C22H29N5O4. The number of fused-ring (bicyclic) bond motifs is 1. The number of nitrogens with zero attached hydrogens (tertiary/aromatic N) is 3. The quantitative estimate of drug-likeness (QED) is 0.770. The molecule has 1 aromatic heterocycles. The fraction of sp³-hybridized carbons (Fsp3) is 0.455. The largest absolute Gasteiger partial charge is 0.491 e. The predicted octanol–water partition coefficient (Wildman–Crippen LogP) is 1.82. The van der Waals surface area contributed by atoms with E-state index >= 15 is 0 Å². The van der Waals surface area contributed by atoms with Gasteiger partial charge in [-0.1, -0.05) is 6.92 Å². The summed E-state index contributed by atoms with van der Waals surface area (Å²) in [6.45, 7) is 5.69. The van der Waals surface area contributed by atoms with Crippen LogP contribution in [0.4, 0.5) is 5.69 Å². The number of carbonyl (C=O) groups excluding carboxylic acids is 2. The number of ether oxygens (including phenoxy) is 2. The van der Waals surface area contributed by atoms with E-state index in [4.69, 9.17) is 9.47 Å². The first-order valence-corrected chi connectivity index (χ1v) is 10.2. The van der Waals surface area contributed by atoms with E-state index in [-0.39, 0.29) is 29.7 Å². The standard InChI is InChI=1S/C22H29N5O4/c1-14-10-25-15(2)13-31-19-9-16(26-21(28)18-11-23-7-8-24-18)5-6-17(19)22(29)27(3)12-20(14)30-4/h5-9,11,14-15,20,25H,10,12-13H2,1-4H3,(H,26,28)/t14-,15-,20-/m0/s1. The number of hydrogen-bond donors (Lipinski definition) is 2. The van der Waals surface area contributed by atoms with E-state index in [9.17, 15) is 9.59 Å². The number of methoxy groups -OCH3 is 1. The maximum Gasteiger partial charge on any atom is 0.275 e. The number of rotatable bonds is 3. The first-order chi connectivity index (χ1) is 14.9. The highest BCUT2D eigenvalue weighted by molar-refractivity contribution is 6.03. The van der Waals surface area contributed by atoms with Gasteiger partial charge in [0.1, 0.15) is 18.1 Å². The minimum absolute atomic E-state index is 0.0675. The third-order valence-electron chi connectivity index (χ3n) is 5.28. The summed E-state index contributed by atoms with van der Waals surface area (Å²) in [6.07, 6.45) is 4.24. The van der Waals surface area contributed by atoms with Crippen molar-refractivity contribution in [2.24, 2.45) is 5.92 Å². The number of anilines is 1. The Morgan fingerprint density at radius 1 is 1.32 bits per heavy atom. The molecule has 0 radical (unpaired) electrons. The van der Waals surface area contributed by atoms with Crippen LogP contribution in [0.1, 0.15) is 34.7 Å². The first-order valence-electron chi connectivity index (χ1n) is 10.2. The second-order valence-corrected chi connectivity index (χ2v) is 7.81. The summed E-state index contributed by atoms with van der Waals surface area (Å²) in [4.78, 5) is 35.1. The highest BCUT2D eigenvalue weighted by Gasteiger charge is 2.25. The van der Waals surface area contributed by atoms with E-state index in [2.05, 4.69) is 27.5 Å². The lowest BCUT2D eigenvalue weighted by Gasteiger charge is -2.30. The van der Waals surface area contributed by atoms with Crippen molar-refractivity contribution in [2.75, 3.05) is 39.2 Å². The van der Waals surface area contributed by atoms with Crippen LogP contribution in [0.3, 0.4) is 0 Å². The third kappa shape index (κ3) is 5.77. The number of aromatic nitrogens is 2. The molecule has 0 bridgehead atoms. The van der Waals surface area contributed by atoms with Gasteiger partial charge < -0.3 is 25.0 Å². The van der Waals surface area contributed by atoms with Crippen LogP contribution in [0.5, 0.6) is 5.75 Å². The summed E-state index contributed by atoms with van der Waals surface area (Å²) < 4.78 is 11.6. The number of amides is 2. The van der Waals surface area contributed by atoms with E-state index in [0.717, 1.165) is 6.54 Å². The molecule has 0 aliphatic carbocycles. The number of hydrogen-bond acceptors (Lipinski definition) is 7. The minimum Gasteiger partial charge on any atom is -0.491 e. The summed E-state index contributed by atoms with van der Waals surface area (Å²) in [6, 6.07) is 5.06. The van der Waals surface area contributed by atoms with Crippen molar-refractivity contribution in [1.82, 2.24) is 20.2 Å². The van der Waals surface area contributed by atoms with Crippen LogP contribution in [0.25, 0.3) is 0 Å². The average Bonchev–Trinajstić information content (AvgIpc) is 2.79. The minimum atomic E-state index is -0.392. The molecular weight excluding hydrogens is 398 g/mol. The van der Waals surface area contributed by atoms with E-state index in [1.807, 2.05) is 6.92 Å². The van der Waals surface area contributed by atoms with E-state index in [1.165, 1.54) is 18.6 Å². The Morgan fingerprint density at radius 3 is 2.84 bits per heavy atom. The van der Waals surface area contributed by atoms with Crippen LogP contribution in [-0.4, -0.2) is 72.7 Å². The van der Waals surface area contributed by atoms with Gasteiger partial charge in [-0.3, -0.25) is 14.6 Å². The molecule has 9 heteroatoms. The highest BCUT2D eigenvalue weighted by atomic mass is 16.5. The molecule has 1 aliphatic rings. The Bertz CT molecular complexity index is 908. The van der Waals surface area contributed by atoms with Crippen LogP contribution in [0.15, 0.2) is 36.8 Å². The van der Waals surface area contributed by atoms with Crippen LogP contribution in [-0.2, 0) is 4.74 Å². The molecule has 0 saturated heterocycles. The number of carbonyl (C=O) groups is 2. The summed E-state index contributed by atoms with van der Waals surface area (Å²) >= 11 is 0. The molecule has 0 fully saturated rings. The molecule has 2 aromatic rings. The Balaban J connectivity index is 1.87. The summed E-state index contributed by atoms with van der Waals surface area (Å²) in [5.74, 6) is 0.0687. The molecule has 2 amide bonds. The third-order valence-corrected chi connectivity index (χ3v) is 5.28. The summed E-state index contributed by atoms with van der Waals surface area (Å²) in [5.41, 5.74) is 1.13. The van der Waals surface area contributed by atoms with Crippen molar-refractivity contribution in [3.63, 3.8) is 0 Å².